The molecule has 0 fully saturated rings. The monoisotopic (exact) mass is 541 g/mol. The van der Waals surface area contributed by atoms with Crippen LogP contribution >= 0.6 is 35.1 Å². The maximum atomic E-state index is 12.5. The van der Waals surface area contributed by atoms with Crippen LogP contribution in [0.1, 0.15) is 12.5 Å². The molecule has 0 atom stereocenters. The summed E-state index contributed by atoms with van der Waals surface area (Å²) < 4.78 is 5.74. The van der Waals surface area contributed by atoms with Gasteiger partial charge < -0.3 is 10.1 Å². The number of thiophene rings is 2. The van der Waals surface area contributed by atoms with Crippen LogP contribution in [0, 0.1) is 6.92 Å². The third-order valence-corrected chi connectivity index (χ3v) is 7.69. The molecule has 8 nitrogen and oxygen atoms in total. The summed E-state index contributed by atoms with van der Waals surface area (Å²) in [6.45, 7) is 4.99. The Kier molecular flexibility index (Phi) is 7.70. The fraction of sp³-hybridized carbons (Fsp3) is 0.200. The highest BCUT2D eigenvalue weighted by Crippen LogP contribution is 2.42. The average Bonchev–Trinajstić information content (AvgIpc) is 3.56. The highest BCUT2D eigenvalue weighted by Gasteiger charge is 2.30. The molecule has 0 radical (unpaired) electrons. The summed E-state index contributed by atoms with van der Waals surface area (Å²) >= 11 is 3.08. The lowest BCUT2D eigenvalue weighted by atomic mass is 10.1. The fourth-order valence-electron chi connectivity index (χ4n) is 3.78. The number of nitrogens with zero attached hydrogens (tertiary/aromatic N) is 3. The number of carbonyl (C=O) groups excluding carboxylic acids is 2. The molecule has 1 aliphatic heterocycles. The molecule has 4 heterocycles. The van der Waals surface area contributed by atoms with E-state index in [9.17, 15) is 9.59 Å². The number of hydrazine groups is 1. The first kappa shape index (κ1) is 25.8. The second kappa shape index (κ2) is 10.8. The Morgan fingerprint density at radius 2 is 1.86 bits per heavy atom. The lowest BCUT2D eigenvalue weighted by Gasteiger charge is -2.17. The van der Waals surface area contributed by atoms with E-state index in [1.165, 1.54) is 17.4 Å². The van der Waals surface area contributed by atoms with Gasteiger partial charge in [-0.2, -0.15) is 5.01 Å². The normalized spacial score (nSPS) is 13.2. The molecule has 5 rings (SSSR count). The zero-order valence-corrected chi connectivity index (χ0v) is 22.3. The largest absolute Gasteiger partial charge is 0.492 e. The van der Waals surface area contributed by atoms with Crippen molar-refractivity contribution in [2.45, 2.75) is 13.8 Å². The molecule has 11 heteroatoms. The molecule has 0 unspecified atom stereocenters. The Hall–Kier alpha value is -3.31. The Morgan fingerprint density at radius 3 is 2.50 bits per heavy atom. The van der Waals surface area contributed by atoms with Gasteiger partial charge in [-0.3, -0.25) is 15.0 Å². The van der Waals surface area contributed by atoms with E-state index in [2.05, 4.69) is 10.7 Å². The molecular formula is C25H24ClN5O3S2. The number of benzene rings is 1. The quantitative estimate of drug-likeness (QED) is 0.238. The number of rotatable bonds is 8. The van der Waals surface area contributed by atoms with Gasteiger partial charge in [0.1, 0.15) is 17.2 Å². The third kappa shape index (κ3) is 4.85. The van der Waals surface area contributed by atoms with Crippen LogP contribution in [-0.2, 0) is 9.59 Å². The van der Waals surface area contributed by atoms with Crippen molar-refractivity contribution >= 4 is 62.9 Å². The Morgan fingerprint density at radius 1 is 1.08 bits per heavy atom. The molecular weight excluding hydrogens is 518 g/mol. The molecule has 1 aliphatic rings. The zero-order valence-electron chi connectivity index (χ0n) is 19.8. The maximum absolute atomic E-state index is 12.5. The Bertz CT molecular complexity index is 1450. The third-order valence-electron chi connectivity index (χ3n) is 5.59. The van der Waals surface area contributed by atoms with Gasteiger partial charge in [0.05, 0.1) is 10.3 Å². The van der Waals surface area contributed by atoms with Gasteiger partial charge in [0, 0.05) is 23.1 Å². The summed E-state index contributed by atoms with van der Waals surface area (Å²) in [5.74, 6) is 0.967. The predicted molar refractivity (Wildman–Crippen MR) is 147 cm³/mol. The molecule has 2 N–H and O–H groups in total. The van der Waals surface area contributed by atoms with Crippen molar-refractivity contribution in [2.24, 2.45) is 0 Å². The van der Waals surface area contributed by atoms with Gasteiger partial charge in [-0.1, -0.05) is 6.07 Å². The highest BCUT2D eigenvalue weighted by molar-refractivity contribution is 7.22. The van der Waals surface area contributed by atoms with Crippen molar-refractivity contribution in [2.75, 3.05) is 25.6 Å². The summed E-state index contributed by atoms with van der Waals surface area (Å²) in [6, 6.07) is 11.8. The highest BCUT2D eigenvalue weighted by atomic mass is 35.5. The van der Waals surface area contributed by atoms with Crippen molar-refractivity contribution in [3.8, 4) is 26.9 Å². The number of aromatic nitrogens is 2. The summed E-state index contributed by atoms with van der Waals surface area (Å²) in [5, 5.41) is 6.81. The molecule has 186 valence electrons. The first-order chi connectivity index (χ1) is 17.0. The first-order valence-corrected chi connectivity index (χ1v) is 12.7. The number of carbonyl (C=O) groups is 2. The van der Waals surface area contributed by atoms with Crippen LogP contribution in [0.15, 0.2) is 53.4 Å². The van der Waals surface area contributed by atoms with Crippen LogP contribution in [-0.4, -0.2) is 47.0 Å². The van der Waals surface area contributed by atoms with E-state index in [-0.39, 0.29) is 18.3 Å². The molecule has 36 heavy (non-hydrogen) atoms. The van der Waals surface area contributed by atoms with E-state index >= 15 is 0 Å². The van der Waals surface area contributed by atoms with E-state index in [1.807, 2.05) is 55.7 Å². The standard InChI is InChI=1S/C25H23N5O3S2.ClH/c1-14-13-19(31)30(25(14)32)29-23-20-15(2)21(16-6-8-17(9-7-16)33-11-10-26-3)35-24(20)28-22(27-23)18-5-4-12-34-18;/h4-9,12-13,26H,10-11H2,1-3H3,(H,27,28,29);1H. The number of anilines is 1. The number of hydrogen-bond acceptors (Lipinski definition) is 9. The van der Waals surface area contributed by atoms with Gasteiger partial charge in [-0.25, -0.2) is 9.97 Å². The number of nitrogens with one attached hydrogen (secondary N) is 2. The number of hydrogen-bond donors (Lipinski definition) is 2. The molecule has 0 bridgehead atoms. The number of likely N-dealkylation sites (N-methyl/N-ethyl adjacent to an activating group) is 1. The van der Waals surface area contributed by atoms with E-state index in [0.717, 1.165) is 48.4 Å². The maximum Gasteiger partial charge on any atom is 0.275 e. The molecule has 2 amide bonds. The van der Waals surface area contributed by atoms with E-state index in [4.69, 9.17) is 14.7 Å². The number of fused-ring (bicyclic) bond motifs is 1. The molecule has 1 aromatic carbocycles. The van der Waals surface area contributed by atoms with Crippen LogP contribution < -0.4 is 15.5 Å². The van der Waals surface area contributed by atoms with E-state index < -0.39 is 5.91 Å². The minimum Gasteiger partial charge on any atom is -0.492 e. The zero-order chi connectivity index (χ0) is 24.5. The second-order valence-electron chi connectivity index (χ2n) is 8.00. The molecule has 0 aliphatic carbocycles. The fourth-order valence-corrected chi connectivity index (χ4v) is 5.63. The SMILES string of the molecule is CNCCOc1ccc(-c2sc3nc(-c4cccs4)nc(NN4C(=O)C=C(C)C4=O)c3c2C)cc1.Cl. The van der Waals surface area contributed by atoms with Crippen molar-refractivity contribution in [1.82, 2.24) is 20.3 Å². The average molecular weight is 542 g/mol. The number of aryl methyl sites for hydroxylation is 1. The summed E-state index contributed by atoms with van der Waals surface area (Å²) in [6.07, 6.45) is 1.32. The Labute approximate surface area is 222 Å². The van der Waals surface area contributed by atoms with Crippen LogP contribution in [0.5, 0.6) is 5.75 Å². The van der Waals surface area contributed by atoms with Crippen molar-refractivity contribution in [1.29, 1.82) is 0 Å². The summed E-state index contributed by atoms with van der Waals surface area (Å²) in [7, 11) is 1.89. The molecule has 4 aromatic rings. The summed E-state index contributed by atoms with van der Waals surface area (Å²) in [4.78, 5) is 37.2. The van der Waals surface area contributed by atoms with Crippen molar-refractivity contribution in [3.05, 3.63) is 59.0 Å². The molecule has 0 spiro atoms. The number of halogens is 1. The van der Waals surface area contributed by atoms with Gasteiger partial charge in [0.15, 0.2) is 11.6 Å². The summed E-state index contributed by atoms with van der Waals surface area (Å²) in [5.41, 5.74) is 5.36. The van der Waals surface area contributed by atoms with E-state index in [0.29, 0.717) is 23.8 Å². The topological polar surface area (TPSA) is 96.4 Å². The molecule has 0 saturated carbocycles. The smallest absolute Gasteiger partial charge is 0.275 e. The van der Waals surface area contributed by atoms with Gasteiger partial charge in [0.2, 0.25) is 0 Å². The first-order valence-electron chi connectivity index (χ1n) is 11.0. The van der Waals surface area contributed by atoms with Crippen LogP contribution in [0.4, 0.5) is 5.82 Å². The van der Waals surface area contributed by atoms with Gasteiger partial charge >= 0.3 is 0 Å². The minimum atomic E-state index is -0.418. The van der Waals surface area contributed by atoms with Gasteiger partial charge in [-0.05, 0) is 67.7 Å². The predicted octanol–water partition coefficient (Wildman–Crippen LogP) is 5.06. The Balaban J connectivity index is 0.00000304. The van der Waals surface area contributed by atoms with Crippen LogP contribution in [0.25, 0.3) is 31.4 Å². The molecule has 3 aromatic heterocycles. The number of ether oxygens (including phenoxy) is 1. The van der Waals surface area contributed by atoms with Crippen LogP contribution in [0.2, 0.25) is 0 Å². The van der Waals surface area contributed by atoms with Gasteiger partial charge in [0.25, 0.3) is 11.8 Å². The van der Waals surface area contributed by atoms with Crippen LogP contribution in [0.3, 0.4) is 0 Å². The minimum absolute atomic E-state index is 0. The van der Waals surface area contributed by atoms with Crippen molar-refractivity contribution in [3.63, 3.8) is 0 Å². The molecule has 0 saturated heterocycles. The lowest BCUT2D eigenvalue weighted by molar-refractivity contribution is -0.135. The lowest BCUT2D eigenvalue weighted by Crippen LogP contribution is -2.36. The number of imide groups is 1. The van der Waals surface area contributed by atoms with Gasteiger partial charge in [-0.15, -0.1) is 35.1 Å². The second-order valence-corrected chi connectivity index (χ2v) is 9.95. The van der Waals surface area contributed by atoms with Crippen molar-refractivity contribution < 1.29 is 14.3 Å². The number of amides is 2. The van der Waals surface area contributed by atoms with E-state index in [1.54, 1.807) is 18.3 Å².